The van der Waals surface area contributed by atoms with Gasteiger partial charge in [-0.25, -0.2) is 0 Å². The highest BCUT2D eigenvalue weighted by Gasteiger charge is 2.56. The molecule has 14 nitrogen and oxygen atoms in total. The number of amides is 2. The van der Waals surface area contributed by atoms with Crippen molar-refractivity contribution >= 4 is 57.0 Å². The topological polar surface area (TPSA) is 182 Å². The summed E-state index contributed by atoms with van der Waals surface area (Å²) in [6.45, 7) is 15.7. The first kappa shape index (κ1) is 60.6. The van der Waals surface area contributed by atoms with Crippen molar-refractivity contribution in [3.05, 3.63) is 75.7 Å². The zero-order valence-corrected chi connectivity index (χ0v) is 44.1. The number of hydrogen-bond donors (Lipinski definition) is 2. The number of benzene rings is 1. The molecule has 0 saturated carbocycles. The van der Waals surface area contributed by atoms with E-state index >= 15 is 0 Å². The van der Waals surface area contributed by atoms with Crippen molar-refractivity contribution in [2.45, 2.75) is 144 Å². The van der Waals surface area contributed by atoms with Crippen LogP contribution in [0.4, 0.5) is 13.2 Å². The second kappa shape index (κ2) is 25.3. The summed E-state index contributed by atoms with van der Waals surface area (Å²) in [5.74, 6) is -1.59. The number of alkyl halides is 4. The van der Waals surface area contributed by atoms with Crippen LogP contribution in [0.3, 0.4) is 0 Å². The number of rotatable bonds is 15. The molecule has 2 amide bonds. The van der Waals surface area contributed by atoms with Gasteiger partial charge in [0.2, 0.25) is 5.60 Å². The Morgan fingerprint density at radius 2 is 1.63 bits per heavy atom. The van der Waals surface area contributed by atoms with Gasteiger partial charge >= 0.3 is 24.1 Å². The smallest absolute Gasteiger partial charge is 0.418 e. The molecule has 0 spiro atoms. The number of nitrogens with zero attached hydrogens (tertiary/aromatic N) is 3. The van der Waals surface area contributed by atoms with Gasteiger partial charge in [0.1, 0.15) is 17.2 Å². The summed E-state index contributed by atoms with van der Waals surface area (Å²) in [6.07, 6.45) is -0.0984. The molecule has 19 heteroatoms. The van der Waals surface area contributed by atoms with Gasteiger partial charge in [0.25, 0.3) is 11.8 Å². The number of aliphatic hydroxyl groups is 1. The molecule has 3 fully saturated rings. The number of likely N-dealkylation sites (tertiary alicyclic amines) is 2. The number of carbonyl (C=O) groups is 5. The van der Waals surface area contributed by atoms with Gasteiger partial charge < -0.3 is 39.0 Å². The maximum Gasteiger partial charge on any atom is 0.418 e. The molecule has 3 aliphatic rings. The zero-order valence-electron chi connectivity index (χ0n) is 41.7. The number of carboxylic acid groups (broad SMARTS) is 1. The summed E-state index contributed by atoms with van der Waals surface area (Å²) in [4.78, 5) is 70.0. The Morgan fingerprint density at radius 3 is 2.15 bits per heavy atom. The summed E-state index contributed by atoms with van der Waals surface area (Å²) < 4.78 is 64.1. The number of pyridine rings is 1. The SMILES string of the molecule is C.CC1(C)CCOC1=O.CCC[C@H]1N(C(=O)c2ncccc2C(F)(F)F)CCC[C@@]1(Oc1csc(C)c1)C(=O)N1CCC(O)(c2ccccc2OCCC(C)(C)C(=O)O)CC1.COC(=O)C(C)(C)CCBr. The van der Waals surface area contributed by atoms with Crippen LogP contribution in [-0.4, -0.2) is 112 Å². The molecule has 71 heavy (non-hydrogen) atoms. The van der Waals surface area contributed by atoms with E-state index < -0.39 is 57.9 Å². The average Bonchev–Trinajstić information content (AvgIpc) is 3.87. The number of para-hydroxylation sites is 1. The highest BCUT2D eigenvalue weighted by atomic mass is 79.9. The summed E-state index contributed by atoms with van der Waals surface area (Å²) >= 11 is 4.70. The highest BCUT2D eigenvalue weighted by Crippen LogP contribution is 2.43. The zero-order chi connectivity index (χ0) is 52.3. The van der Waals surface area contributed by atoms with E-state index in [1.807, 2.05) is 41.5 Å². The standard InChI is InChI=1S/C38H46F3N3O7S.C7H13BrO2.C6H10O2.CH4/c1-5-10-30-37(51-26-23-25(2)52-24-26,14-9-19-44(30)32(45)31-28(38(39,40)41)12-8-18-42-31)33(46)43-20-15-36(49,16-21-43)27-11-6-7-13-29(27)50-22-17-35(3,4)34(47)48;1-7(2,4-5-8)6(9)10-3;1-6(2)3-4-8-5(6)7;/h6-8,11-13,18,23-24,30,49H,5,9-10,14-17,19-22H2,1-4H3,(H,47,48);4-5H2,1-3H3;3-4H2,1-2H3;1H4/t30-,37+;;;/m1.../s1. The second-order valence-electron chi connectivity index (χ2n) is 19.9. The molecule has 5 heterocycles. The third-order valence-corrected chi connectivity index (χ3v) is 14.4. The minimum Gasteiger partial charge on any atom is -0.493 e. The van der Waals surface area contributed by atoms with E-state index in [1.165, 1.54) is 23.3 Å². The fraction of sp³-hybridized carbons (Fsp3) is 0.615. The Morgan fingerprint density at radius 1 is 0.972 bits per heavy atom. The van der Waals surface area contributed by atoms with Crippen molar-refractivity contribution in [1.82, 2.24) is 14.8 Å². The summed E-state index contributed by atoms with van der Waals surface area (Å²) in [6, 6.07) is 9.89. The first-order chi connectivity index (χ1) is 32.7. The van der Waals surface area contributed by atoms with Crippen molar-refractivity contribution in [3.63, 3.8) is 0 Å². The van der Waals surface area contributed by atoms with Gasteiger partial charge in [-0.15, -0.1) is 11.3 Å². The maximum atomic E-state index is 14.9. The van der Waals surface area contributed by atoms with Crippen LogP contribution in [0.5, 0.6) is 11.5 Å². The Hall–Kier alpha value is -4.75. The van der Waals surface area contributed by atoms with Gasteiger partial charge in [0.05, 0.1) is 53.8 Å². The van der Waals surface area contributed by atoms with Gasteiger partial charge in [-0.05, 0) is 118 Å². The van der Waals surface area contributed by atoms with Crippen molar-refractivity contribution < 1.29 is 66.3 Å². The van der Waals surface area contributed by atoms with Crippen LogP contribution < -0.4 is 9.47 Å². The van der Waals surface area contributed by atoms with Gasteiger partial charge in [0, 0.05) is 53.4 Å². The predicted octanol–water partition coefficient (Wildman–Crippen LogP) is 10.6. The third kappa shape index (κ3) is 15.2. The summed E-state index contributed by atoms with van der Waals surface area (Å²) in [5.41, 5.74) is -5.86. The van der Waals surface area contributed by atoms with Crippen LogP contribution in [0.1, 0.15) is 140 Å². The molecule has 396 valence electrons. The largest absolute Gasteiger partial charge is 0.493 e. The number of methoxy groups -OCH3 is 1. The summed E-state index contributed by atoms with van der Waals surface area (Å²) in [5, 5.41) is 24.0. The van der Waals surface area contributed by atoms with E-state index in [4.69, 9.17) is 14.2 Å². The Kier molecular flexibility index (Phi) is 21.5. The predicted molar refractivity (Wildman–Crippen MR) is 269 cm³/mol. The fourth-order valence-corrected chi connectivity index (χ4v) is 10.0. The normalized spacial score (nSPS) is 19.6. The molecule has 2 atom stereocenters. The second-order valence-corrected chi connectivity index (χ2v) is 21.8. The number of aliphatic carboxylic acids is 1. The van der Waals surface area contributed by atoms with Gasteiger partial charge in [0.15, 0.2) is 0 Å². The van der Waals surface area contributed by atoms with Crippen molar-refractivity contribution in [1.29, 1.82) is 0 Å². The molecule has 0 aliphatic carbocycles. The number of cyclic esters (lactones) is 1. The minimum absolute atomic E-state index is 0. The number of thiophene rings is 1. The van der Waals surface area contributed by atoms with E-state index in [1.54, 1.807) is 54.5 Å². The average molecular weight is 1090 g/mol. The molecule has 2 aromatic heterocycles. The van der Waals surface area contributed by atoms with E-state index in [-0.39, 0.29) is 88.5 Å². The van der Waals surface area contributed by atoms with E-state index in [0.29, 0.717) is 36.5 Å². The van der Waals surface area contributed by atoms with Crippen LogP contribution in [0.15, 0.2) is 54.0 Å². The van der Waals surface area contributed by atoms with Gasteiger partial charge in [-0.2, -0.15) is 13.2 Å². The molecule has 6 rings (SSSR count). The van der Waals surface area contributed by atoms with E-state index in [9.17, 15) is 47.4 Å². The molecule has 0 radical (unpaired) electrons. The highest BCUT2D eigenvalue weighted by molar-refractivity contribution is 9.09. The first-order valence-electron chi connectivity index (χ1n) is 23.6. The van der Waals surface area contributed by atoms with Crippen molar-refractivity contribution in [3.8, 4) is 11.5 Å². The molecular formula is C52H73BrF3N3O11S. The molecule has 3 aliphatic heterocycles. The number of halogens is 4. The Labute approximate surface area is 429 Å². The molecule has 2 N–H and O–H groups in total. The van der Waals surface area contributed by atoms with Gasteiger partial charge in [-0.1, -0.05) is 54.9 Å². The molecule has 0 unspecified atom stereocenters. The maximum absolute atomic E-state index is 14.9. The Balaban J connectivity index is 0.000000588. The van der Waals surface area contributed by atoms with Crippen LogP contribution in [0, 0.1) is 23.2 Å². The van der Waals surface area contributed by atoms with Gasteiger partial charge in [-0.3, -0.25) is 29.0 Å². The lowest BCUT2D eigenvalue weighted by atomic mass is 9.78. The molecule has 3 saturated heterocycles. The number of aromatic nitrogens is 1. The number of piperidine rings is 2. The van der Waals surface area contributed by atoms with Crippen LogP contribution in [0.25, 0.3) is 0 Å². The quantitative estimate of drug-likeness (QED) is 0.109. The lowest BCUT2D eigenvalue weighted by Crippen LogP contribution is -2.68. The molecule has 0 bridgehead atoms. The van der Waals surface area contributed by atoms with E-state index in [0.717, 1.165) is 41.4 Å². The molecule has 3 aromatic rings. The molecule has 1 aromatic carbocycles. The lowest BCUT2D eigenvalue weighted by Gasteiger charge is -2.51. The number of esters is 2. The van der Waals surface area contributed by atoms with E-state index in [2.05, 4.69) is 25.7 Å². The fourth-order valence-electron chi connectivity index (χ4n) is 8.46. The van der Waals surface area contributed by atoms with Crippen LogP contribution in [0.2, 0.25) is 0 Å². The Bertz CT molecular complexity index is 2280. The summed E-state index contributed by atoms with van der Waals surface area (Å²) in [7, 11) is 1.41. The van der Waals surface area contributed by atoms with Crippen LogP contribution in [-0.2, 0) is 40.4 Å². The number of aryl methyl sites for hydroxylation is 1. The minimum atomic E-state index is -4.81. The number of carboxylic acids is 1. The monoisotopic (exact) mass is 1080 g/mol. The lowest BCUT2D eigenvalue weighted by molar-refractivity contribution is -0.163. The first-order valence-corrected chi connectivity index (χ1v) is 25.6. The number of hydrogen-bond acceptors (Lipinski definition) is 12. The van der Waals surface area contributed by atoms with Crippen molar-refractivity contribution in [2.24, 2.45) is 16.2 Å². The molecular weight excluding hydrogens is 1010 g/mol. The van der Waals surface area contributed by atoms with Crippen molar-refractivity contribution in [2.75, 3.05) is 45.3 Å². The number of ether oxygens (including phenoxy) is 4. The van der Waals surface area contributed by atoms with Crippen LogP contribution >= 0.6 is 27.3 Å². The number of carbonyl (C=O) groups excluding carboxylic acids is 4. The third-order valence-electron chi connectivity index (χ3n) is 13.2.